The van der Waals surface area contributed by atoms with Crippen LogP contribution in [-0.2, 0) is 6.18 Å². The zero-order valence-corrected chi connectivity index (χ0v) is 15.1. The van der Waals surface area contributed by atoms with Gasteiger partial charge in [-0.25, -0.2) is 9.97 Å². The number of rotatable bonds is 4. The van der Waals surface area contributed by atoms with Crippen LogP contribution in [0.25, 0.3) is 0 Å². The molecule has 3 aromatic rings. The third-order valence-corrected chi connectivity index (χ3v) is 4.15. The topological polar surface area (TPSA) is 66.9 Å². The monoisotopic (exact) mass is 386 g/mol. The Kier molecular flexibility index (Phi) is 5.30. The predicted octanol–water partition coefficient (Wildman–Crippen LogP) is 5.11. The highest BCUT2D eigenvalue weighted by atomic mass is 19.4. The maximum Gasteiger partial charge on any atom is 0.416 e. The van der Waals surface area contributed by atoms with Crippen molar-refractivity contribution in [1.82, 2.24) is 9.97 Å². The van der Waals surface area contributed by atoms with Gasteiger partial charge in [-0.1, -0.05) is 6.07 Å². The number of hydrogen-bond donors (Lipinski definition) is 2. The molecule has 28 heavy (non-hydrogen) atoms. The SMILES string of the molecule is Cc1ccc(NC(=O)c2cnc(Nc3ccc(C(F)(F)F)cc3)nc2)cc1C. The summed E-state index contributed by atoms with van der Waals surface area (Å²) in [4.78, 5) is 20.4. The number of carbonyl (C=O) groups excluding carboxylic acids is 1. The molecule has 0 radical (unpaired) electrons. The summed E-state index contributed by atoms with van der Waals surface area (Å²) in [5.41, 5.74) is 2.78. The Morgan fingerprint density at radius 1 is 0.893 bits per heavy atom. The average molecular weight is 386 g/mol. The second-order valence-electron chi connectivity index (χ2n) is 6.25. The summed E-state index contributed by atoms with van der Waals surface area (Å²) in [6, 6.07) is 10.1. The Bertz CT molecular complexity index is 984. The van der Waals surface area contributed by atoms with E-state index in [1.807, 2.05) is 32.0 Å². The Labute approximate surface area is 159 Å². The first-order valence-electron chi connectivity index (χ1n) is 8.37. The van der Waals surface area contributed by atoms with Gasteiger partial charge in [0, 0.05) is 23.8 Å². The van der Waals surface area contributed by atoms with Crippen LogP contribution in [0.1, 0.15) is 27.0 Å². The summed E-state index contributed by atoms with van der Waals surface area (Å²) in [5.74, 6) is -0.188. The maximum absolute atomic E-state index is 12.6. The molecule has 0 spiro atoms. The second-order valence-corrected chi connectivity index (χ2v) is 6.25. The van der Waals surface area contributed by atoms with E-state index in [-0.39, 0.29) is 17.4 Å². The van der Waals surface area contributed by atoms with Gasteiger partial charge in [-0.2, -0.15) is 13.2 Å². The van der Waals surface area contributed by atoms with Gasteiger partial charge in [-0.05, 0) is 61.4 Å². The molecule has 0 saturated carbocycles. The average Bonchev–Trinajstić information content (AvgIpc) is 2.65. The van der Waals surface area contributed by atoms with E-state index >= 15 is 0 Å². The molecule has 0 aliphatic rings. The fraction of sp³-hybridized carbons (Fsp3) is 0.150. The van der Waals surface area contributed by atoms with Crippen LogP contribution >= 0.6 is 0 Å². The predicted molar refractivity (Wildman–Crippen MR) is 101 cm³/mol. The molecule has 0 aliphatic carbocycles. The number of aromatic nitrogens is 2. The molecule has 0 saturated heterocycles. The van der Waals surface area contributed by atoms with Crippen molar-refractivity contribution >= 4 is 23.2 Å². The summed E-state index contributed by atoms with van der Waals surface area (Å²) in [6.45, 7) is 3.94. The number of carbonyl (C=O) groups is 1. The van der Waals surface area contributed by atoms with Gasteiger partial charge in [-0.15, -0.1) is 0 Å². The van der Waals surface area contributed by atoms with Crippen molar-refractivity contribution < 1.29 is 18.0 Å². The van der Waals surface area contributed by atoms with Crippen molar-refractivity contribution in [2.24, 2.45) is 0 Å². The third-order valence-electron chi connectivity index (χ3n) is 4.15. The summed E-state index contributed by atoms with van der Waals surface area (Å²) in [5, 5.41) is 5.56. The number of nitrogens with zero attached hydrogens (tertiary/aromatic N) is 2. The van der Waals surface area contributed by atoms with Crippen molar-refractivity contribution in [3.8, 4) is 0 Å². The first-order chi connectivity index (χ1) is 13.2. The molecule has 2 N–H and O–H groups in total. The van der Waals surface area contributed by atoms with Crippen LogP contribution in [0.15, 0.2) is 54.9 Å². The zero-order valence-electron chi connectivity index (χ0n) is 15.1. The molecule has 1 aromatic heterocycles. The fourth-order valence-corrected chi connectivity index (χ4v) is 2.40. The lowest BCUT2D eigenvalue weighted by Gasteiger charge is -2.09. The van der Waals surface area contributed by atoms with Gasteiger partial charge >= 0.3 is 6.18 Å². The van der Waals surface area contributed by atoms with E-state index in [2.05, 4.69) is 20.6 Å². The number of benzene rings is 2. The lowest BCUT2D eigenvalue weighted by Crippen LogP contribution is -2.13. The number of amides is 1. The van der Waals surface area contributed by atoms with Gasteiger partial charge in [0.05, 0.1) is 11.1 Å². The summed E-state index contributed by atoms with van der Waals surface area (Å²) >= 11 is 0. The van der Waals surface area contributed by atoms with Crippen LogP contribution in [0.3, 0.4) is 0 Å². The summed E-state index contributed by atoms with van der Waals surface area (Å²) in [6.07, 6.45) is -1.70. The van der Waals surface area contributed by atoms with Crippen molar-refractivity contribution in [2.45, 2.75) is 20.0 Å². The minimum Gasteiger partial charge on any atom is -0.324 e. The van der Waals surface area contributed by atoms with Crippen LogP contribution in [-0.4, -0.2) is 15.9 Å². The van der Waals surface area contributed by atoms with Gasteiger partial charge in [0.25, 0.3) is 5.91 Å². The molecule has 1 amide bonds. The molecule has 8 heteroatoms. The zero-order chi connectivity index (χ0) is 20.3. The van der Waals surface area contributed by atoms with Gasteiger partial charge in [0.15, 0.2) is 0 Å². The van der Waals surface area contributed by atoms with Crippen molar-refractivity contribution in [3.05, 3.63) is 77.1 Å². The molecular weight excluding hydrogens is 369 g/mol. The van der Waals surface area contributed by atoms with E-state index in [1.165, 1.54) is 24.5 Å². The summed E-state index contributed by atoms with van der Waals surface area (Å²) < 4.78 is 37.7. The van der Waals surface area contributed by atoms with E-state index in [0.29, 0.717) is 11.4 Å². The smallest absolute Gasteiger partial charge is 0.324 e. The Hall–Kier alpha value is -3.42. The normalized spacial score (nSPS) is 11.2. The highest BCUT2D eigenvalue weighted by Crippen LogP contribution is 2.30. The lowest BCUT2D eigenvalue weighted by atomic mass is 10.1. The number of aryl methyl sites for hydroxylation is 2. The number of halogens is 3. The van der Waals surface area contributed by atoms with E-state index in [1.54, 1.807) is 0 Å². The van der Waals surface area contributed by atoms with Crippen LogP contribution < -0.4 is 10.6 Å². The van der Waals surface area contributed by atoms with E-state index in [9.17, 15) is 18.0 Å². The largest absolute Gasteiger partial charge is 0.416 e. The van der Waals surface area contributed by atoms with E-state index in [4.69, 9.17) is 0 Å². The van der Waals surface area contributed by atoms with Gasteiger partial charge in [-0.3, -0.25) is 4.79 Å². The number of alkyl halides is 3. The number of hydrogen-bond acceptors (Lipinski definition) is 4. The Morgan fingerprint density at radius 3 is 2.07 bits per heavy atom. The van der Waals surface area contributed by atoms with Gasteiger partial charge in [0.2, 0.25) is 5.95 Å². The second kappa shape index (κ2) is 7.67. The highest BCUT2D eigenvalue weighted by Gasteiger charge is 2.29. The standard InChI is InChI=1S/C20H17F3N4O/c1-12-3-6-17(9-13(12)2)26-18(28)14-10-24-19(25-11-14)27-16-7-4-15(5-8-16)20(21,22)23/h3-11H,1-2H3,(H,26,28)(H,24,25,27). The molecule has 0 unspecified atom stereocenters. The number of anilines is 3. The molecule has 5 nitrogen and oxygen atoms in total. The molecule has 0 fully saturated rings. The quantitative estimate of drug-likeness (QED) is 0.654. The first kappa shape index (κ1) is 19.3. The van der Waals surface area contributed by atoms with Crippen molar-refractivity contribution in [2.75, 3.05) is 10.6 Å². The molecule has 0 atom stereocenters. The van der Waals surface area contributed by atoms with E-state index < -0.39 is 11.7 Å². The molecular formula is C20H17F3N4O. The Balaban J connectivity index is 1.65. The van der Waals surface area contributed by atoms with Crippen LogP contribution in [0, 0.1) is 13.8 Å². The molecule has 144 valence electrons. The van der Waals surface area contributed by atoms with Gasteiger partial charge < -0.3 is 10.6 Å². The minimum atomic E-state index is -4.39. The van der Waals surface area contributed by atoms with Crippen molar-refractivity contribution in [3.63, 3.8) is 0 Å². The highest BCUT2D eigenvalue weighted by molar-refractivity contribution is 6.03. The molecule has 3 rings (SSSR count). The van der Waals surface area contributed by atoms with Crippen LogP contribution in [0.5, 0.6) is 0 Å². The minimum absolute atomic E-state index is 0.169. The van der Waals surface area contributed by atoms with Gasteiger partial charge in [0.1, 0.15) is 0 Å². The van der Waals surface area contributed by atoms with Crippen LogP contribution in [0.4, 0.5) is 30.5 Å². The molecule has 1 heterocycles. The number of nitrogens with one attached hydrogen (secondary N) is 2. The lowest BCUT2D eigenvalue weighted by molar-refractivity contribution is -0.137. The fourth-order valence-electron chi connectivity index (χ4n) is 2.40. The molecule has 0 aliphatic heterocycles. The first-order valence-corrected chi connectivity index (χ1v) is 8.37. The maximum atomic E-state index is 12.6. The third kappa shape index (κ3) is 4.64. The molecule has 0 bridgehead atoms. The van der Waals surface area contributed by atoms with Crippen molar-refractivity contribution in [1.29, 1.82) is 0 Å². The summed E-state index contributed by atoms with van der Waals surface area (Å²) in [7, 11) is 0. The molecule has 2 aromatic carbocycles. The van der Waals surface area contributed by atoms with E-state index in [0.717, 1.165) is 23.3 Å². The Morgan fingerprint density at radius 2 is 1.50 bits per heavy atom. The van der Waals surface area contributed by atoms with Crippen LogP contribution in [0.2, 0.25) is 0 Å².